The molecule has 10 heavy (non-hydrogen) atoms. The summed E-state index contributed by atoms with van der Waals surface area (Å²) < 4.78 is 12.1. The zero-order chi connectivity index (χ0) is 7.98. The molecule has 0 spiro atoms. The first-order chi connectivity index (χ1) is 4.68. The molecule has 3 nitrogen and oxygen atoms in total. The molecule has 0 aromatic carbocycles. The van der Waals surface area contributed by atoms with E-state index < -0.39 is 12.1 Å². The third-order valence-electron chi connectivity index (χ3n) is 0.753. The van der Waals surface area contributed by atoms with Gasteiger partial charge in [0.1, 0.15) is 6.61 Å². The second-order valence-corrected chi connectivity index (χ2v) is 1.52. The highest BCUT2D eigenvalue weighted by atomic mass is 19.1. The van der Waals surface area contributed by atoms with Crippen LogP contribution in [0.25, 0.3) is 0 Å². The number of carbonyl (C=O) groups is 1. The second-order valence-electron chi connectivity index (χ2n) is 1.52. The van der Waals surface area contributed by atoms with E-state index in [9.17, 15) is 9.18 Å². The zero-order valence-corrected chi connectivity index (χ0v) is 5.17. The molecular formula is C6H7FO3. The summed E-state index contributed by atoms with van der Waals surface area (Å²) in [6.07, 6.45) is -2.31. The smallest absolute Gasteiger partial charge is 0.339 e. The number of halogens is 1. The first-order valence-electron chi connectivity index (χ1n) is 2.62. The standard InChI is InChI=1S/C6H7FO3/c7-5(6(9)10)3-1-2-4-8/h5,8H,3-4H2,(H,9,10). The molecule has 2 N–H and O–H groups in total. The molecule has 0 saturated heterocycles. The van der Waals surface area contributed by atoms with Gasteiger partial charge in [-0.1, -0.05) is 11.8 Å². The molecule has 1 unspecified atom stereocenters. The third kappa shape index (κ3) is 3.87. The fourth-order valence-corrected chi connectivity index (χ4v) is 0.305. The Hall–Kier alpha value is -1.08. The van der Waals surface area contributed by atoms with Gasteiger partial charge in [-0.2, -0.15) is 0 Å². The maximum absolute atomic E-state index is 12.1. The van der Waals surface area contributed by atoms with E-state index in [1.54, 1.807) is 0 Å². The Labute approximate surface area is 57.5 Å². The lowest BCUT2D eigenvalue weighted by atomic mass is 10.3. The van der Waals surface area contributed by atoms with Crippen LogP contribution in [-0.2, 0) is 4.79 Å². The van der Waals surface area contributed by atoms with E-state index in [0.29, 0.717) is 0 Å². The average Bonchev–Trinajstić information content (AvgIpc) is 1.88. The van der Waals surface area contributed by atoms with Crippen LogP contribution in [0.15, 0.2) is 0 Å². The van der Waals surface area contributed by atoms with Crippen molar-refractivity contribution in [1.29, 1.82) is 0 Å². The van der Waals surface area contributed by atoms with Crippen LogP contribution in [0, 0.1) is 11.8 Å². The van der Waals surface area contributed by atoms with Crippen molar-refractivity contribution in [2.75, 3.05) is 6.61 Å². The molecule has 0 heterocycles. The highest BCUT2D eigenvalue weighted by Gasteiger charge is 2.12. The minimum atomic E-state index is -1.95. The van der Waals surface area contributed by atoms with Crippen molar-refractivity contribution in [2.24, 2.45) is 0 Å². The van der Waals surface area contributed by atoms with Crippen molar-refractivity contribution in [3.8, 4) is 11.8 Å². The molecule has 0 aliphatic heterocycles. The predicted octanol–water partition coefficient (Wildman–Crippen LogP) is -0.205. The fourth-order valence-electron chi connectivity index (χ4n) is 0.305. The predicted molar refractivity (Wildman–Crippen MR) is 32.0 cm³/mol. The van der Waals surface area contributed by atoms with E-state index in [4.69, 9.17) is 10.2 Å². The fraction of sp³-hybridized carbons (Fsp3) is 0.500. The van der Waals surface area contributed by atoms with Crippen LogP contribution in [0.5, 0.6) is 0 Å². The van der Waals surface area contributed by atoms with Crippen LogP contribution in [0.2, 0.25) is 0 Å². The molecule has 0 fully saturated rings. The number of aliphatic hydroxyl groups excluding tert-OH is 1. The van der Waals surface area contributed by atoms with Crippen molar-refractivity contribution in [2.45, 2.75) is 12.6 Å². The normalized spacial score (nSPS) is 11.4. The van der Waals surface area contributed by atoms with Crippen LogP contribution in [-0.4, -0.2) is 29.0 Å². The molecule has 0 radical (unpaired) electrons. The lowest BCUT2D eigenvalue weighted by Crippen LogP contribution is -2.12. The second kappa shape index (κ2) is 4.77. The molecule has 4 heteroatoms. The number of aliphatic carboxylic acids is 1. The van der Waals surface area contributed by atoms with Gasteiger partial charge in [0.15, 0.2) is 0 Å². The van der Waals surface area contributed by atoms with E-state index in [-0.39, 0.29) is 13.0 Å². The lowest BCUT2D eigenvalue weighted by Gasteiger charge is -1.92. The number of hydrogen-bond donors (Lipinski definition) is 2. The number of carboxylic acid groups (broad SMARTS) is 1. The van der Waals surface area contributed by atoms with E-state index >= 15 is 0 Å². The first kappa shape index (κ1) is 8.92. The Morgan fingerprint density at radius 2 is 2.20 bits per heavy atom. The Morgan fingerprint density at radius 3 is 2.60 bits per heavy atom. The van der Waals surface area contributed by atoms with Gasteiger partial charge < -0.3 is 10.2 Å². The Bertz CT molecular complexity index is 168. The zero-order valence-electron chi connectivity index (χ0n) is 5.17. The van der Waals surface area contributed by atoms with Gasteiger partial charge in [-0.05, 0) is 0 Å². The van der Waals surface area contributed by atoms with Gasteiger partial charge >= 0.3 is 5.97 Å². The minimum absolute atomic E-state index is 0.365. The van der Waals surface area contributed by atoms with Crippen LogP contribution in [0.1, 0.15) is 6.42 Å². The largest absolute Gasteiger partial charge is 0.479 e. The SMILES string of the molecule is O=C(O)C(F)CC#CCO. The van der Waals surface area contributed by atoms with E-state index in [1.165, 1.54) is 0 Å². The molecule has 0 aliphatic carbocycles. The highest BCUT2D eigenvalue weighted by molar-refractivity contribution is 5.72. The number of carboxylic acids is 1. The molecule has 0 amide bonds. The Morgan fingerprint density at radius 1 is 1.60 bits per heavy atom. The molecule has 0 bridgehead atoms. The van der Waals surface area contributed by atoms with Crippen molar-refractivity contribution >= 4 is 5.97 Å². The molecule has 0 rings (SSSR count). The monoisotopic (exact) mass is 146 g/mol. The number of hydrogen-bond acceptors (Lipinski definition) is 2. The minimum Gasteiger partial charge on any atom is -0.479 e. The van der Waals surface area contributed by atoms with Gasteiger partial charge in [0, 0.05) is 0 Å². The van der Waals surface area contributed by atoms with E-state index in [2.05, 4.69) is 11.8 Å². The van der Waals surface area contributed by atoms with Crippen molar-refractivity contribution in [3.05, 3.63) is 0 Å². The molecule has 0 saturated carbocycles. The number of rotatable bonds is 2. The maximum atomic E-state index is 12.1. The molecule has 0 aliphatic rings. The van der Waals surface area contributed by atoms with Crippen LogP contribution >= 0.6 is 0 Å². The van der Waals surface area contributed by atoms with Gasteiger partial charge in [0.2, 0.25) is 6.17 Å². The van der Waals surface area contributed by atoms with Crippen molar-refractivity contribution in [1.82, 2.24) is 0 Å². The first-order valence-corrected chi connectivity index (χ1v) is 2.62. The quantitative estimate of drug-likeness (QED) is 0.530. The summed E-state index contributed by atoms with van der Waals surface area (Å²) in [6, 6.07) is 0. The van der Waals surface area contributed by atoms with E-state index in [0.717, 1.165) is 0 Å². The Balaban J connectivity index is 3.58. The van der Waals surface area contributed by atoms with E-state index in [1.807, 2.05) is 0 Å². The molecule has 56 valence electrons. The van der Waals surface area contributed by atoms with Gasteiger partial charge in [-0.15, -0.1) is 0 Å². The summed E-state index contributed by atoms with van der Waals surface area (Å²) in [6.45, 7) is -0.369. The lowest BCUT2D eigenvalue weighted by molar-refractivity contribution is -0.142. The van der Waals surface area contributed by atoms with Crippen LogP contribution in [0.4, 0.5) is 4.39 Å². The molecule has 0 aromatic rings. The third-order valence-corrected chi connectivity index (χ3v) is 0.753. The molecule has 0 aromatic heterocycles. The highest BCUT2D eigenvalue weighted by Crippen LogP contribution is 1.94. The van der Waals surface area contributed by atoms with Crippen molar-refractivity contribution in [3.63, 3.8) is 0 Å². The number of alkyl halides is 1. The maximum Gasteiger partial charge on any atom is 0.339 e. The molecule has 1 atom stereocenters. The van der Waals surface area contributed by atoms with Crippen molar-refractivity contribution < 1.29 is 19.4 Å². The van der Waals surface area contributed by atoms with Crippen LogP contribution in [0.3, 0.4) is 0 Å². The Kier molecular flexibility index (Phi) is 4.25. The van der Waals surface area contributed by atoms with Gasteiger partial charge in [0.25, 0.3) is 0 Å². The number of aliphatic hydroxyl groups is 1. The summed E-state index contributed by atoms with van der Waals surface area (Å²) in [4.78, 5) is 9.79. The summed E-state index contributed by atoms with van der Waals surface area (Å²) in [5, 5.41) is 16.1. The van der Waals surface area contributed by atoms with Gasteiger partial charge in [-0.3, -0.25) is 0 Å². The summed E-state index contributed by atoms with van der Waals surface area (Å²) >= 11 is 0. The van der Waals surface area contributed by atoms with Crippen LogP contribution < -0.4 is 0 Å². The summed E-state index contributed by atoms with van der Waals surface area (Å²) in [5.41, 5.74) is 0. The average molecular weight is 146 g/mol. The van der Waals surface area contributed by atoms with Gasteiger partial charge in [-0.25, -0.2) is 9.18 Å². The summed E-state index contributed by atoms with van der Waals surface area (Å²) in [5.74, 6) is 2.78. The van der Waals surface area contributed by atoms with Gasteiger partial charge in [0.05, 0.1) is 6.42 Å². The summed E-state index contributed by atoms with van der Waals surface area (Å²) in [7, 11) is 0. The topological polar surface area (TPSA) is 57.5 Å². The molecular weight excluding hydrogens is 139 g/mol.